The molecule has 2 heterocycles. The summed E-state index contributed by atoms with van der Waals surface area (Å²) in [5.41, 5.74) is 2.86. The molecule has 2 aromatic heterocycles. The van der Waals surface area contributed by atoms with Crippen LogP contribution in [0.2, 0.25) is 20.1 Å². The van der Waals surface area contributed by atoms with E-state index in [0.717, 1.165) is 11.2 Å². The summed E-state index contributed by atoms with van der Waals surface area (Å²) in [5.74, 6) is 0.630. The average Bonchev–Trinajstić information content (AvgIpc) is 3.01. The van der Waals surface area contributed by atoms with Crippen LogP contribution in [0.5, 0.6) is 0 Å². The number of hydrogen-bond acceptors (Lipinski definition) is 2. The van der Waals surface area contributed by atoms with E-state index in [1.807, 2.05) is 34.9 Å². The summed E-state index contributed by atoms with van der Waals surface area (Å²) in [6.07, 6.45) is 3.56. The van der Waals surface area contributed by atoms with Crippen molar-refractivity contribution in [2.75, 3.05) is 0 Å². The Kier molecular flexibility index (Phi) is 5.11. The van der Waals surface area contributed by atoms with Gasteiger partial charge in [-0.15, -0.1) is 0 Å². The molecule has 0 fully saturated rings. The standard InChI is InChI=1S/C20H11Cl4N3/c21-13-5-7-16(23)12(9-13)11-25-20-19(15-6-4-14(22)10-17(15)24)26-18-3-1-2-8-27(18)20/h1-11H. The first-order valence-electron chi connectivity index (χ1n) is 7.94. The van der Waals surface area contributed by atoms with Crippen molar-refractivity contribution in [1.82, 2.24) is 9.38 Å². The van der Waals surface area contributed by atoms with Crippen molar-refractivity contribution in [2.45, 2.75) is 0 Å². The molecule has 0 unspecified atom stereocenters. The topological polar surface area (TPSA) is 29.7 Å². The summed E-state index contributed by atoms with van der Waals surface area (Å²) >= 11 is 24.7. The SMILES string of the molecule is Clc1ccc(-c2nc3ccccn3c2N=Cc2cc(Cl)ccc2Cl)c(Cl)c1. The van der Waals surface area contributed by atoms with Crippen LogP contribution in [-0.4, -0.2) is 15.6 Å². The van der Waals surface area contributed by atoms with E-state index in [1.165, 1.54) is 0 Å². The fourth-order valence-corrected chi connectivity index (χ4v) is 3.56. The molecule has 0 amide bonds. The Morgan fingerprint density at radius 1 is 0.852 bits per heavy atom. The highest BCUT2D eigenvalue weighted by Gasteiger charge is 2.16. The first-order chi connectivity index (χ1) is 13.0. The van der Waals surface area contributed by atoms with Gasteiger partial charge in [0.25, 0.3) is 0 Å². The first-order valence-corrected chi connectivity index (χ1v) is 9.46. The lowest BCUT2D eigenvalue weighted by Crippen LogP contribution is -1.87. The normalized spacial score (nSPS) is 11.6. The van der Waals surface area contributed by atoms with Gasteiger partial charge in [-0.05, 0) is 48.5 Å². The number of pyridine rings is 1. The van der Waals surface area contributed by atoms with E-state index in [-0.39, 0.29) is 0 Å². The Morgan fingerprint density at radius 2 is 1.63 bits per heavy atom. The highest BCUT2D eigenvalue weighted by Crippen LogP contribution is 2.36. The fraction of sp³-hybridized carbons (Fsp3) is 0. The average molecular weight is 435 g/mol. The van der Waals surface area contributed by atoms with Crippen LogP contribution in [0.3, 0.4) is 0 Å². The number of benzene rings is 2. The van der Waals surface area contributed by atoms with Gasteiger partial charge in [0.1, 0.15) is 11.3 Å². The molecule has 0 radical (unpaired) electrons. The number of aliphatic imine (C=N–C) groups is 1. The molecule has 2 aromatic carbocycles. The molecule has 4 aromatic rings. The summed E-state index contributed by atoms with van der Waals surface area (Å²) in [4.78, 5) is 9.34. The fourth-order valence-electron chi connectivity index (χ4n) is 2.71. The van der Waals surface area contributed by atoms with Gasteiger partial charge in [0.2, 0.25) is 0 Å². The highest BCUT2D eigenvalue weighted by molar-refractivity contribution is 6.36. The number of nitrogens with zero attached hydrogens (tertiary/aromatic N) is 3. The molecule has 4 rings (SSSR count). The number of fused-ring (bicyclic) bond motifs is 1. The molecule has 0 spiro atoms. The van der Waals surface area contributed by atoms with Crippen molar-refractivity contribution in [1.29, 1.82) is 0 Å². The molecule has 0 aliphatic heterocycles. The second kappa shape index (κ2) is 7.53. The number of aromatic nitrogens is 2. The molecular weight excluding hydrogens is 424 g/mol. The minimum absolute atomic E-state index is 0.503. The van der Waals surface area contributed by atoms with Gasteiger partial charge in [-0.1, -0.05) is 52.5 Å². The summed E-state index contributed by atoms with van der Waals surface area (Å²) in [6, 6.07) is 16.2. The predicted molar refractivity (Wildman–Crippen MR) is 114 cm³/mol. The van der Waals surface area contributed by atoms with Crippen LogP contribution >= 0.6 is 46.4 Å². The largest absolute Gasteiger partial charge is 0.284 e. The molecule has 3 nitrogen and oxygen atoms in total. The zero-order valence-corrected chi connectivity index (χ0v) is 16.7. The van der Waals surface area contributed by atoms with Gasteiger partial charge in [0, 0.05) is 38.6 Å². The minimum Gasteiger partial charge on any atom is -0.284 e. The molecule has 0 saturated heterocycles. The molecule has 0 bridgehead atoms. The lowest BCUT2D eigenvalue weighted by atomic mass is 10.1. The zero-order chi connectivity index (χ0) is 19.0. The van der Waals surface area contributed by atoms with Crippen LogP contribution in [-0.2, 0) is 0 Å². The molecule has 0 aliphatic rings. The second-order valence-corrected chi connectivity index (χ2v) is 7.45. The Hall–Kier alpha value is -2.04. The third kappa shape index (κ3) is 3.69. The van der Waals surface area contributed by atoms with Crippen LogP contribution in [0.4, 0.5) is 5.82 Å². The lowest BCUT2D eigenvalue weighted by molar-refractivity contribution is 1.17. The number of halogens is 4. The first kappa shape index (κ1) is 18.3. The molecule has 0 saturated carbocycles. The number of imidazole rings is 1. The minimum atomic E-state index is 0.503. The van der Waals surface area contributed by atoms with Crippen molar-refractivity contribution < 1.29 is 0 Å². The van der Waals surface area contributed by atoms with E-state index >= 15 is 0 Å². The van der Waals surface area contributed by atoms with Crippen molar-refractivity contribution in [3.8, 4) is 11.3 Å². The Morgan fingerprint density at radius 3 is 2.44 bits per heavy atom. The van der Waals surface area contributed by atoms with Crippen molar-refractivity contribution in [3.05, 3.63) is 86.4 Å². The lowest BCUT2D eigenvalue weighted by Gasteiger charge is -2.04. The van der Waals surface area contributed by atoms with Gasteiger partial charge in [-0.2, -0.15) is 0 Å². The molecule has 0 N–H and O–H groups in total. The maximum Gasteiger partial charge on any atom is 0.165 e. The molecule has 134 valence electrons. The van der Waals surface area contributed by atoms with E-state index in [0.29, 0.717) is 37.2 Å². The zero-order valence-electron chi connectivity index (χ0n) is 13.7. The van der Waals surface area contributed by atoms with Gasteiger partial charge in [-0.25, -0.2) is 9.98 Å². The molecule has 27 heavy (non-hydrogen) atoms. The summed E-state index contributed by atoms with van der Waals surface area (Å²) in [6.45, 7) is 0. The van der Waals surface area contributed by atoms with Crippen molar-refractivity contribution in [3.63, 3.8) is 0 Å². The van der Waals surface area contributed by atoms with E-state index < -0.39 is 0 Å². The highest BCUT2D eigenvalue weighted by atomic mass is 35.5. The van der Waals surface area contributed by atoms with E-state index in [2.05, 4.69) is 9.98 Å². The second-order valence-electron chi connectivity index (χ2n) is 5.76. The Bertz CT molecular complexity index is 1180. The third-order valence-electron chi connectivity index (χ3n) is 3.97. The monoisotopic (exact) mass is 433 g/mol. The van der Waals surface area contributed by atoms with Gasteiger partial charge in [0.15, 0.2) is 5.82 Å². The van der Waals surface area contributed by atoms with Crippen LogP contribution < -0.4 is 0 Å². The van der Waals surface area contributed by atoms with Crippen molar-refractivity contribution >= 4 is 64.1 Å². The van der Waals surface area contributed by atoms with Crippen LogP contribution in [0, 0.1) is 0 Å². The maximum absolute atomic E-state index is 6.40. The molecular formula is C20H11Cl4N3. The number of hydrogen-bond donors (Lipinski definition) is 0. The molecule has 7 heteroatoms. The summed E-state index contributed by atoms with van der Waals surface area (Å²) in [7, 11) is 0. The third-order valence-corrected chi connectivity index (χ3v) is 5.10. The van der Waals surface area contributed by atoms with Gasteiger partial charge in [0.05, 0.1) is 5.02 Å². The van der Waals surface area contributed by atoms with E-state index in [9.17, 15) is 0 Å². The van der Waals surface area contributed by atoms with E-state index in [4.69, 9.17) is 46.4 Å². The van der Waals surface area contributed by atoms with Gasteiger partial charge in [-0.3, -0.25) is 4.40 Å². The van der Waals surface area contributed by atoms with Crippen LogP contribution in [0.25, 0.3) is 16.9 Å². The molecule has 0 aliphatic carbocycles. The quantitative estimate of drug-likeness (QED) is 0.309. The van der Waals surface area contributed by atoms with Gasteiger partial charge >= 0.3 is 0 Å². The van der Waals surface area contributed by atoms with Crippen LogP contribution in [0.15, 0.2) is 65.8 Å². The Labute approximate surface area is 175 Å². The maximum atomic E-state index is 6.40. The van der Waals surface area contributed by atoms with Gasteiger partial charge < -0.3 is 0 Å². The smallest absolute Gasteiger partial charge is 0.165 e. The van der Waals surface area contributed by atoms with Crippen molar-refractivity contribution in [2.24, 2.45) is 4.99 Å². The van der Waals surface area contributed by atoms with E-state index in [1.54, 1.807) is 36.5 Å². The number of rotatable bonds is 3. The summed E-state index contributed by atoms with van der Waals surface area (Å²) < 4.78 is 1.88. The summed E-state index contributed by atoms with van der Waals surface area (Å²) in [5, 5.41) is 2.20. The van der Waals surface area contributed by atoms with Crippen LogP contribution in [0.1, 0.15) is 5.56 Å². The Balaban J connectivity index is 1.91. The predicted octanol–water partition coefficient (Wildman–Crippen LogP) is 7.37. The molecule has 0 atom stereocenters.